The van der Waals surface area contributed by atoms with Gasteiger partial charge >= 0.3 is 0 Å². The van der Waals surface area contributed by atoms with Crippen LogP contribution in [-0.2, 0) is 16.6 Å². The van der Waals surface area contributed by atoms with Gasteiger partial charge in [-0.15, -0.1) is 0 Å². The van der Waals surface area contributed by atoms with Gasteiger partial charge < -0.3 is 10.1 Å². The van der Waals surface area contributed by atoms with Gasteiger partial charge in [-0.3, -0.25) is 0 Å². The topological polar surface area (TPSA) is 73.4 Å². The standard InChI is InChI=1S/C11H20N2O3S/c1-4-10(5-2)13(3)17(15,16)11-6-9(8-14)12-7-11/h6-7,10,12,14H,4-5,8H2,1-3H3. The first-order valence-corrected chi connectivity index (χ1v) is 7.17. The zero-order valence-corrected chi connectivity index (χ0v) is 11.3. The van der Waals surface area contributed by atoms with E-state index in [0.717, 1.165) is 12.8 Å². The second-order valence-corrected chi connectivity index (χ2v) is 6.01. The van der Waals surface area contributed by atoms with Crippen molar-refractivity contribution >= 4 is 10.0 Å². The molecule has 0 unspecified atom stereocenters. The van der Waals surface area contributed by atoms with Crippen LogP contribution >= 0.6 is 0 Å². The lowest BCUT2D eigenvalue weighted by molar-refractivity contribution is 0.277. The van der Waals surface area contributed by atoms with Crippen molar-refractivity contribution in [2.45, 2.75) is 44.2 Å². The summed E-state index contributed by atoms with van der Waals surface area (Å²) in [5, 5.41) is 8.92. The molecule has 1 heterocycles. The Morgan fingerprint density at radius 3 is 2.41 bits per heavy atom. The Hall–Kier alpha value is -0.850. The van der Waals surface area contributed by atoms with Crippen molar-refractivity contribution < 1.29 is 13.5 Å². The summed E-state index contributed by atoms with van der Waals surface area (Å²) < 4.78 is 25.9. The third-order valence-electron chi connectivity index (χ3n) is 3.02. The van der Waals surface area contributed by atoms with Crippen LogP contribution < -0.4 is 0 Å². The van der Waals surface area contributed by atoms with Crippen molar-refractivity contribution in [3.8, 4) is 0 Å². The minimum Gasteiger partial charge on any atom is -0.390 e. The van der Waals surface area contributed by atoms with Crippen LogP contribution in [0.2, 0.25) is 0 Å². The van der Waals surface area contributed by atoms with Gasteiger partial charge in [0.15, 0.2) is 0 Å². The average Bonchev–Trinajstić information content (AvgIpc) is 2.79. The lowest BCUT2D eigenvalue weighted by Crippen LogP contribution is -2.36. The number of aliphatic hydroxyl groups is 1. The molecule has 1 aromatic heterocycles. The molecule has 1 rings (SSSR count). The number of nitrogens with one attached hydrogen (secondary N) is 1. The molecule has 0 saturated heterocycles. The molecule has 0 atom stereocenters. The Labute approximate surface area is 103 Å². The second kappa shape index (κ2) is 5.66. The first-order valence-electron chi connectivity index (χ1n) is 5.73. The first-order chi connectivity index (χ1) is 7.97. The predicted octanol–water partition coefficient (Wildman–Crippen LogP) is 1.32. The van der Waals surface area contributed by atoms with E-state index >= 15 is 0 Å². The maximum Gasteiger partial charge on any atom is 0.244 e. The highest BCUT2D eigenvalue weighted by molar-refractivity contribution is 7.89. The Morgan fingerprint density at radius 2 is 2.00 bits per heavy atom. The molecule has 1 aromatic rings. The Kier molecular flexibility index (Phi) is 4.73. The molecule has 0 aliphatic carbocycles. The monoisotopic (exact) mass is 260 g/mol. The van der Waals surface area contributed by atoms with Gasteiger partial charge in [-0.25, -0.2) is 8.42 Å². The molecule has 0 radical (unpaired) electrons. The molecule has 0 aliphatic heterocycles. The van der Waals surface area contributed by atoms with E-state index in [0.29, 0.717) is 5.69 Å². The second-order valence-electron chi connectivity index (χ2n) is 4.01. The fraction of sp³-hybridized carbons (Fsp3) is 0.636. The summed E-state index contributed by atoms with van der Waals surface area (Å²) in [5.41, 5.74) is 0.501. The van der Waals surface area contributed by atoms with E-state index in [1.54, 1.807) is 7.05 Å². The molecule has 0 spiro atoms. The number of H-pyrrole nitrogens is 1. The molecule has 5 nitrogen and oxygen atoms in total. The zero-order valence-electron chi connectivity index (χ0n) is 10.5. The highest BCUT2D eigenvalue weighted by Gasteiger charge is 2.26. The average molecular weight is 260 g/mol. The fourth-order valence-corrected chi connectivity index (χ4v) is 3.35. The quantitative estimate of drug-likeness (QED) is 0.810. The van der Waals surface area contributed by atoms with E-state index in [4.69, 9.17) is 5.11 Å². The molecule has 0 fully saturated rings. The number of nitrogens with zero attached hydrogens (tertiary/aromatic N) is 1. The van der Waals surface area contributed by atoms with Crippen LogP contribution in [0.1, 0.15) is 32.4 Å². The summed E-state index contributed by atoms with van der Waals surface area (Å²) in [5.74, 6) is 0. The van der Waals surface area contributed by atoms with Gasteiger partial charge in [0.2, 0.25) is 10.0 Å². The van der Waals surface area contributed by atoms with Crippen molar-refractivity contribution in [2.24, 2.45) is 0 Å². The van der Waals surface area contributed by atoms with Crippen molar-refractivity contribution in [1.29, 1.82) is 0 Å². The number of aliphatic hydroxyl groups excluding tert-OH is 1. The number of hydrogen-bond donors (Lipinski definition) is 2. The van der Waals surface area contributed by atoms with Gasteiger partial charge in [0, 0.05) is 25.0 Å². The highest BCUT2D eigenvalue weighted by atomic mass is 32.2. The van der Waals surface area contributed by atoms with E-state index in [2.05, 4.69) is 4.98 Å². The van der Waals surface area contributed by atoms with Crippen molar-refractivity contribution in [2.75, 3.05) is 7.05 Å². The van der Waals surface area contributed by atoms with Crippen molar-refractivity contribution in [1.82, 2.24) is 9.29 Å². The number of aromatic amines is 1. The smallest absolute Gasteiger partial charge is 0.244 e. The number of sulfonamides is 1. The van der Waals surface area contributed by atoms with Gasteiger partial charge in [0.05, 0.1) is 11.5 Å². The highest BCUT2D eigenvalue weighted by Crippen LogP contribution is 2.20. The molecule has 98 valence electrons. The minimum atomic E-state index is -3.46. The normalized spacial score (nSPS) is 12.6. The minimum absolute atomic E-state index is 0.00692. The van der Waals surface area contributed by atoms with Crippen LogP contribution in [0.15, 0.2) is 17.2 Å². The van der Waals surface area contributed by atoms with Crippen LogP contribution in [0.4, 0.5) is 0 Å². The number of aromatic nitrogens is 1. The molecule has 0 aliphatic rings. The molecule has 0 aromatic carbocycles. The third-order valence-corrected chi connectivity index (χ3v) is 4.91. The van der Waals surface area contributed by atoms with Crippen molar-refractivity contribution in [3.63, 3.8) is 0 Å². The molecule has 6 heteroatoms. The third kappa shape index (κ3) is 2.88. The number of rotatable bonds is 6. The number of hydrogen-bond acceptors (Lipinski definition) is 3. The summed E-state index contributed by atoms with van der Waals surface area (Å²) in [6.07, 6.45) is 2.98. The molecule has 0 amide bonds. The maximum absolute atomic E-state index is 12.2. The Balaban J connectivity index is 3.01. The summed E-state index contributed by atoms with van der Waals surface area (Å²) in [6, 6.07) is 1.47. The van der Waals surface area contributed by atoms with Gasteiger partial charge in [0.1, 0.15) is 0 Å². The van der Waals surface area contributed by atoms with E-state index in [1.807, 2.05) is 13.8 Å². The molecule has 0 bridgehead atoms. The molecular weight excluding hydrogens is 240 g/mol. The SMILES string of the molecule is CCC(CC)N(C)S(=O)(=O)c1c[nH]c(CO)c1. The first kappa shape index (κ1) is 14.2. The lowest BCUT2D eigenvalue weighted by atomic mass is 10.2. The van der Waals surface area contributed by atoms with Crippen LogP contribution in [0.25, 0.3) is 0 Å². The fourth-order valence-electron chi connectivity index (χ4n) is 1.82. The van der Waals surface area contributed by atoms with E-state index in [9.17, 15) is 8.42 Å². The summed E-state index contributed by atoms with van der Waals surface area (Å²) in [7, 11) is -1.86. The van der Waals surface area contributed by atoms with Gasteiger partial charge in [-0.2, -0.15) is 4.31 Å². The largest absolute Gasteiger partial charge is 0.390 e. The molecule has 0 saturated carbocycles. The van der Waals surface area contributed by atoms with Gasteiger partial charge in [0.25, 0.3) is 0 Å². The van der Waals surface area contributed by atoms with E-state index < -0.39 is 10.0 Å². The Morgan fingerprint density at radius 1 is 1.41 bits per heavy atom. The van der Waals surface area contributed by atoms with Crippen molar-refractivity contribution in [3.05, 3.63) is 18.0 Å². The van der Waals surface area contributed by atoms with Gasteiger partial charge in [-0.05, 0) is 18.9 Å². The van der Waals surface area contributed by atoms with Gasteiger partial charge in [-0.1, -0.05) is 13.8 Å². The van der Waals surface area contributed by atoms with Crippen LogP contribution in [0.5, 0.6) is 0 Å². The molecule has 17 heavy (non-hydrogen) atoms. The Bertz CT molecular complexity index is 449. The summed E-state index contributed by atoms with van der Waals surface area (Å²) in [6.45, 7) is 3.75. The maximum atomic E-state index is 12.2. The summed E-state index contributed by atoms with van der Waals surface area (Å²) >= 11 is 0. The molecule has 2 N–H and O–H groups in total. The lowest BCUT2D eigenvalue weighted by Gasteiger charge is -2.24. The zero-order chi connectivity index (χ0) is 13.1. The predicted molar refractivity (Wildman–Crippen MR) is 66.0 cm³/mol. The van der Waals surface area contributed by atoms with Crippen LogP contribution in [0.3, 0.4) is 0 Å². The summed E-state index contributed by atoms with van der Waals surface area (Å²) in [4.78, 5) is 2.94. The molecular formula is C11H20N2O3S. The van der Waals surface area contributed by atoms with E-state index in [-0.39, 0.29) is 17.5 Å². The van der Waals surface area contributed by atoms with Crippen LogP contribution in [-0.4, -0.2) is 35.9 Å². The van der Waals surface area contributed by atoms with Crippen LogP contribution in [0, 0.1) is 0 Å². The van der Waals surface area contributed by atoms with E-state index in [1.165, 1.54) is 16.6 Å².